The van der Waals surface area contributed by atoms with Gasteiger partial charge in [-0.15, -0.1) is 0 Å². The van der Waals surface area contributed by atoms with Gasteiger partial charge < -0.3 is 5.32 Å². The van der Waals surface area contributed by atoms with Gasteiger partial charge in [0.15, 0.2) is 0 Å². The first-order chi connectivity index (χ1) is 11.5. The van der Waals surface area contributed by atoms with E-state index in [1.54, 1.807) is 10.9 Å². The van der Waals surface area contributed by atoms with E-state index in [-0.39, 0.29) is 11.9 Å². The van der Waals surface area contributed by atoms with Crippen LogP contribution in [0.3, 0.4) is 0 Å². The lowest BCUT2D eigenvalue weighted by Gasteiger charge is -2.14. The Morgan fingerprint density at radius 1 is 1.08 bits per heavy atom. The average molecular weight is 323 g/mol. The first kappa shape index (κ1) is 16.0. The van der Waals surface area contributed by atoms with Crippen molar-refractivity contribution in [2.75, 3.05) is 0 Å². The molecule has 1 atom stereocenters. The summed E-state index contributed by atoms with van der Waals surface area (Å²) in [6.07, 6.45) is 3.40. The maximum Gasteiger partial charge on any atom is 0.255 e. The zero-order valence-corrected chi connectivity index (χ0v) is 14.3. The molecule has 0 fully saturated rings. The van der Waals surface area contributed by atoms with Gasteiger partial charge in [0.25, 0.3) is 5.91 Å². The molecule has 0 radical (unpaired) electrons. The van der Waals surface area contributed by atoms with E-state index in [4.69, 9.17) is 0 Å². The van der Waals surface area contributed by atoms with Crippen molar-refractivity contribution < 1.29 is 4.79 Å². The maximum atomic E-state index is 12.5. The molecule has 0 aliphatic rings. The summed E-state index contributed by atoms with van der Waals surface area (Å²) in [4.78, 5) is 12.5. The van der Waals surface area contributed by atoms with Crippen LogP contribution in [-0.2, 0) is 7.05 Å². The monoisotopic (exact) mass is 323 g/mol. The van der Waals surface area contributed by atoms with E-state index in [9.17, 15) is 4.79 Å². The van der Waals surface area contributed by atoms with Gasteiger partial charge in [0.1, 0.15) is 0 Å². The highest BCUT2D eigenvalue weighted by Crippen LogP contribution is 2.20. The van der Waals surface area contributed by atoms with Gasteiger partial charge in [-0.25, -0.2) is 4.68 Å². The van der Waals surface area contributed by atoms with Gasteiger partial charge in [-0.05, 0) is 32.9 Å². The molecule has 0 spiro atoms. The first-order valence-electron chi connectivity index (χ1n) is 7.88. The largest absolute Gasteiger partial charge is 0.345 e. The van der Waals surface area contributed by atoms with Gasteiger partial charge in [0.2, 0.25) is 0 Å². The van der Waals surface area contributed by atoms with Crippen LogP contribution in [0.5, 0.6) is 0 Å². The van der Waals surface area contributed by atoms with E-state index < -0.39 is 0 Å². The van der Waals surface area contributed by atoms with Gasteiger partial charge in [-0.3, -0.25) is 9.48 Å². The van der Waals surface area contributed by atoms with E-state index in [1.807, 2.05) is 69.0 Å². The number of hydrogen-bond donors (Lipinski definition) is 1. The van der Waals surface area contributed by atoms with Crippen LogP contribution < -0.4 is 5.32 Å². The third-order valence-electron chi connectivity index (χ3n) is 4.34. The van der Waals surface area contributed by atoms with Crippen LogP contribution in [-0.4, -0.2) is 25.5 Å². The molecule has 3 rings (SSSR count). The fourth-order valence-corrected chi connectivity index (χ4v) is 2.75. The van der Waals surface area contributed by atoms with Gasteiger partial charge in [-0.1, -0.05) is 18.2 Å². The van der Waals surface area contributed by atoms with Gasteiger partial charge in [0.05, 0.1) is 29.7 Å². The van der Waals surface area contributed by atoms with Crippen molar-refractivity contribution in [3.8, 4) is 5.69 Å². The van der Waals surface area contributed by atoms with Crippen molar-refractivity contribution in [2.45, 2.75) is 26.8 Å². The Bertz CT molecular complexity index is 863. The molecule has 6 heteroatoms. The predicted octanol–water partition coefficient (Wildman–Crippen LogP) is 2.71. The minimum atomic E-state index is -0.144. The number of benzene rings is 1. The van der Waals surface area contributed by atoms with E-state index in [0.717, 1.165) is 22.6 Å². The molecule has 2 heterocycles. The van der Waals surface area contributed by atoms with Crippen LogP contribution >= 0.6 is 0 Å². The molecule has 24 heavy (non-hydrogen) atoms. The number of amides is 1. The molecule has 0 saturated heterocycles. The fraction of sp³-hybridized carbons (Fsp3) is 0.278. The van der Waals surface area contributed by atoms with Crippen molar-refractivity contribution in [3.05, 3.63) is 65.2 Å². The molecule has 1 amide bonds. The Morgan fingerprint density at radius 2 is 1.79 bits per heavy atom. The van der Waals surface area contributed by atoms with E-state index >= 15 is 0 Å². The summed E-state index contributed by atoms with van der Waals surface area (Å²) >= 11 is 0. The number of aryl methyl sites for hydroxylation is 1. The van der Waals surface area contributed by atoms with Crippen LogP contribution in [0.4, 0.5) is 0 Å². The van der Waals surface area contributed by atoms with Gasteiger partial charge in [-0.2, -0.15) is 10.2 Å². The molecule has 0 bridgehead atoms. The lowest BCUT2D eigenvalue weighted by molar-refractivity contribution is 0.0939. The zero-order valence-electron chi connectivity index (χ0n) is 14.3. The highest BCUT2D eigenvalue weighted by molar-refractivity contribution is 5.95. The topological polar surface area (TPSA) is 64.7 Å². The van der Waals surface area contributed by atoms with Gasteiger partial charge in [0, 0.05) is 24.0 Å². The molecule has 2 aromatic heterocycles. The van der Waals surface area contributed by atoms with Crippen molar-refractivity contribution in [2.24, 2.45) is 7.05 Å². The van der Waals surface area contributed by atoms with Crippen LogP contribution in [0.15, 0.2) is 42.7 Å². The molecule has 0 aliphatic carbocycles. The highest BCUT2D eigenvalue weighted by Gasteiger charge is 2.19. The third-order valence-corrected chi connectivity index (χ3v) is 4.34. The molecular formula is C18H21N5O. The summed E-state index contributed by atoms with van der Waals surface area (Å²) < 4.78 is 3.57. The van der Waals surface area contributed by atoms with E-state index in [1.165, 1.54) is 0 Å². The highest BCUT2D eigenvalue weighted by atomic mass is 16.1. The van der Waals surface area contributed by atoms with E-state index in [2.05, 4.69) is 15.5 Å². The molecule has 1 aromatic carbocycles. The van der Waals surface area contributed by atoms with Crippen molar-refractivity contribution in [3.63, 3.8) is 0 Å². The number of carbonyl (C=O) groups excluding carboxylic acids is 1. The smallest absolute Gasteiger partial charge is 0.255 e. The number of carbonyl (C=O) groups is 1. The SMILES string of the molecule is Cc1c(C(=O)NC(C)c2cnn(-c3ccccc3)c2C)cnn1C. The Labute approximate surface area is 141 Å². The standard InChI is InChI=1S/C18H21N5O/c1-12(21-18(24)17-11-19-22(4)13(17)2)16-10-20-23(14(16)3)15-8-6-5-7-9-15/h5-12H,1-4H3,(H,21,24). The summed E-state index contributed by atoms with van der Waals surface area (Å²) in [5, 5.41) is 11.6. The average Bonchev–Trinajstić information content (AvgIpc) is 3.12. The Morgan fingerprint density at radius 3 is 2.42 bits per heavy atom. The number of rotatable bonds is 4. The maximum absolute atomic E-state index is 12.5. The summed E-state index contributed by atoms with van der Waals surface area (Å²) in [7, 11) is 1.82. The first-order valence-corrected chi connectivity index (χ1v) is 7.88. The molecule has 3 aromatic rings. The summed E-state index contributed by atoms with van der Waals surface area (Å²) in [6.45, 7) is 5.85. The second-order valence-electron chi connectivity index (χ2n) is 5.90. The lowest BCUT2D eigenvalue weighted by atomic mass is 10.1. The molecule has 0 saturated carbocycles. The second-order valence-corrected chi connectivity index (χ2v) is 5.90. The number of para-hydroxylation sites is 1. The quantitative estimate of drug-likeness (QED) is 0.803. The number of nitrogens with zero attached hydrogens (tertiary/aromatic N) is 4. The minimum Gasteiger partial charge on any atom is -0.345 e. The van der Waals surface area contributed by atoms with Gasteiger partial charge >= 0.3 is 0 Å². The zero-order chi connectivity index (χ0) is 17.3. The Balaban J connectivity index is 1.81. The van der Waals surface area contributed by atoms with Crippen LogP contribution in [0, 0.1) is 13.8 Å². The number of hydrogen-bond acceptors (Lipinski definition) is 3. The minimum absolute atomic E-state index is 0.125. The van der Waals surface area contributed by atoms with Crippen molar-refractivity contribution in [1.29, 1.82) is 0 Å². The lowest BCUT2D eigenvalue weighted by Crippen LogP contribution is -2.27. The van der Waals surface area contributed by atoms with Crippen molar-refractivity contribution in [1.82, 2.24) is 24.9 Å². The fourth-order valence-electron chi connectivity index (χ4n) is 2.75. The Kier molecular flexibility index (Phi) is 4.20. The molecule has 6 nitrogen and oxygen atoms in total. The molecule has 1 unspecified atom stereocenters. The predicted molar refractivity (Wildman–Crippen MR) is 92.1 cm³/mol. The third kappa shape index (κ3) is 2.82. The number of aromatic nitrogens is 4. The second kappa shape index (κ2) is 6.31. The normalized spacial score (nSPS) is 12.2. The number of nitrogens with one attached hydrogen (secondary N) is 1. The van der Waals surface area contributed by atoms with Crippen LogP contribution in [0.1, 0.15) is 40.3 Å². The summed E-state index contributed by atoms with van der Waals surface area (Å²) in [5.74, 6) is -0.125. The van der Waals surface area contributed by atoms with Crippen LogP contribution in [0.25, 0.3) is 5.69 Å². The van der Waals surface area contributed by atoms with Crippen molar-refractivity contribution >= 4 is 5.91 Å². The molecule has 124 valence electrons. The van der Waals surface area contributed by atoms with E-state index in [0.29, 0.717) is 5.56 Å². The molecular weight excluding hydrogens is 302 g/mol. The van der Waals surface area contributed by atoms with Crippen LogP contribution in [0.2, 0.25) is 0 Å². The Hall–Kier alpha value is -2.89. The summed E-state index contributed by atoms with van der Waals surface area (Å²) in [5.41, 5.74) is 4.45. The summed E-state index contributed by atoms with van der Waals surface area (Å²) in [6, 6.07) is 9.80. The molecule has 1 N–H and O–H groups in total. The molecule has 0 aliphatic heterocycles.